The standard InChI is InChI=1S/C12H19ClN4O/c1-3-18-9-4-6-17(7-5-9)11-10(14)8(2)15-12(13)16-11/h9H,3-7,14H2,1-2H3. The van der Waals surface area contributed by atoms with E-state index in [1.807, 2.05) is 13.8 Å². The molecule has 0 aromatic carbocycles. The van der Waals surface area contributed by atoms with Crippen LogP contribution in [0.1, 0.15) is 25.5 Å². The molecular weight excluding hydrogens is 252 g/mol. The van der Waals surface area contributed by atoms with Gasteiger partial charge in [-0.2, -0.15) is 4.98 Å². The molecule has 18 heavy (non-hydrogen) atoms. The molecule has 0 bridgehead atoms. The van der Waals surface area contributed by atoms with E-state index >= 15 is 0 Å². The third kappa shape index (κ3) is 2.84. The third-order valence-corrected chi connectivity index (χ3v) is 3.40. The molecule has 0 saturated carbocycles. The van der Waals surface area contributed by atoms with Gasteiger partial charge in [-0.3, -0.25) is 0 Å². The molecule has 0 unspecified atom stereocenters. The maximum Gasteiger partial charge on any atom is 0.224 e. The summed E-state index contributed by atoms with van der Waals surface area (Å²) < 4.78 is 5.63. The predicted octanol–water partition coefficient (Wildman–Crippen LogP) is 2.03. The van der Waals surface area contributed by atoms with Crippen molar-refractivity contribution in [3.8, 4) is 0 Å². The molecule has 1 aromatic rings. The van der Waals surface area contributed by atoms with Crippen molar-refractivity contribution in [3.05, 3.63) is 11.0 Å². The van der Waals surface area contributed by atoms with Crippen LogP contribution in [0.2, 0.25) is 5.28 Å². The number of aryl methyl sites for hydroxylation is 1. The molecule has 6 heteroatoms. The van der Waals surface area contributed by atoms with Crippen LogP contribution in [0, 0.1) is 6.92 Å². The minimum Gasteiger partial charge on any atom is -0.394 e. The fraction of sp³-hybridized carbons (Fsp3) is 0.667. The van der Waals surface area contributed by atoms with E-state index in [0.29, 0.717) is 11.8 Å². The van der Waals surface area contributed by atoms with Crippen molar-refractivity contribution in [3.63, 3.8) is 0 Å². The van der Waals surface area contributed by atoms with E-state index < -0.39 is 0 Å². The highest BCUT2D eigenvalue weighted by atomic mass is 35.5. The van der Waals surface area contributed by atoms with Gasteiger partial charge in [-0.15, -0.1) is 0 Å². The van der Waals surface area contributed by atoms with Gasteiger partial charge in [-0.05, 0) is 38.3 Å². The number of anilines is 2. The summed E-state index contributed by atoms with van der Waals surface area (Å²) in [7, 11) is 0. The number of piperidine rings is 1. The fourth-order valence-corrected chi connectivity index (χ4v) is 2.45. The zero-order chi connectivity index (χ0) is 13.1. The average Bonchev–Trinajstić information content (AvgIpc) is 2.35. The van der Waals surface area contributed by atoms with E-state index in [1.165, 1.54) is 0 Å². The number of nitrogens with two attached hydrogens (primary N) is 1. The van der Waals surface area contributed by atoms with Gasteiger partial charge in [0.05, 0.1) is 17.5 Å². The van der Waals surface area contributed by atoms with Crippen molar-refractivity contribution >= 4 is 23.1 Å². The normalized spacial score (nSPS) is 17.2. The second kappa shape index (κ2) is 5.71. The lowest BCUT2D eigenvalue weighted by molar-refractivity contribution is 0.0458. The van der Waals surface area contributed by atoms with E-state index in [-0.39, 0.29) is 5.28 Å². The Labute approximate surface area is 112 Å². The van der Waals surface area contributed by atoms with E-state index in [9.17, 15) is 0 Å². The summed E-state index contributed by atoms with van der Waals surface area (Å²) in [6, 6.07) is 0. The zero-order valence-corrected chi connectivity index (χ0v) is 11.6. The number of nitrogens with zero attached hydrogens (tertiary/aromatic N) is 3. The highest BCUT2D eigenvalue weighted by Gasteiger charge is 2.22. The van der Waals surface area contributed by atoms with Gasteiger partial charge in [-0.25, -0.2) is 4.98 Å². The number of ether oxygens (including phenoxy) is 1. The van der Waals surface area contributed by atoms with Crippen LogP contribution in [0.25, 0.3) is 0 Å². The SMILES string of the molecule is CCOC1CCN(c2nc(Cl)nc(C)c2N)CC1. The van der Waals surface area contributed by atoms with Crippen LogP contribution in [-0.4, -0.2) is 35.8 Å². The van der Waals surface area contributed by atoms with Gasteiger partial charge in [0.15, 0.2) is 5.82 Å². The second-order valence-corrected chi connectivity index (χ2v) is 4.80. The first-order valence-corrected chi connectivity index (χ1v) is 6.65. The zero-order valence-electron chi connectivity index (χ0n) is 10.8. The van der Waals surface area contributed by atoms with Crippen molar-refractivity contribution < 1.29 is 4.74 Å². The van der Waals surface area contributed by atoms with E-state index in [0.717, 1.165) is 44.0 Å². The average molecular weight is 271 g/mol. The highest BCUT2D eigenvalue weighted by molar-refractivity contribution is 6.28. The van der Waals surface area contributed by atoms with Crippen LogP contribution in [0.5, 0.6) is 0 Å². The Morgan fingerprint density at radius 2 is 2.06 bits per heavy atom. The fourth-order valence-electron chi connectivity index (χ4n) is 2.24. The lowest BCUT2D eigenvalue weighted by Crippen LogP contribution is -2.38. The third-order valence-electron chi connectivity index (χ3n) is 3.23. The number of rotatable bonds is 3. The summed E-state index contributed by atoms with van der Waals surface area (Å²) >= 11 is 5.89. The quantitative estimate of drug-likeness (QED) is 0.852. The van der Waals surface area contributed by atoms with Gasteiger partial charge < -0.3 is 15.4 Å². The van der Waals surface area contributed by atoms with Gasteiger partial charge >= 0.3 is 0 Å². The molecule has 0 radical (unpaired) electrons. The Morgan fingerprint density at radius 3 is 2.67 bits per heavy atom. The minimum atomic E-state index is 0.253. The Hall–Kier alpha value is -1.07. The number of hydrogen-bond donors (Lipinski definition) is 1. The minimum absolute atomic E-state index is 0.253. The van der Waals surface area contributed by atoms with Gasteiger partial charge in [0.25, 0.3) is 0 Å². The topological polar surface area (TPSA) is 64.3 Å². The van der Waals surface area contributed by atoms with Crippen LogP contribution in [0.4, 0.5) is 11.5 Å². The molecule has 2 heterocycles. The van der Waals surface area contributed by atoms with Crippen molar-refractivity contribution in [2.75, 3.05) is 30.3 Å². The van der Waals surface area contributed by atoms with Crippen LogP contribution in [-0.2, 0) is 4.74 Å². The molecule has 0 spiro atoms. The molecule has 0 aliphatic carbocycles. The maximum atomic E-state index is 6.02. The number of nitrogen functional groups attached to an aromatic ring is 1. The van der Waals surface area contributed by atoms with Crippen LogP contribution in [0.15, 0.2) is 0 Å². The summed E-state index contributed by atoms with van der Waals surface area (Å²) in [4.78, 5) is 10.5. The number of halogens is 1. The number of hydrogen-bond acceptors (Lipinski definition) is 5. The van der Waals surface area contributed by atoms with E-state index in [2.05, 4.69) is 14.9 Å². The molecule has 1 saturated heterocycles. The predicted molar refractivity (Wildman–Crippen MR) is 73.1 cm³/mol. The summed E-state index contributed by atoms with van der Waals surface area (Å²) in [6.45, 7) is 6.42. The van der Waals surface area contributed by atoms with Crippen molar-refractivity contribution in [1.82, 2.24) is 9.97 Å². The molecule has 0 atom stereocenters. The Balaban J connectivity index is 2.10. The maximum absolute atomic E-state index is 6.02. The molecule has 5 nitrogen and oxygen atoms in total. The first-order valence-electron chi connectivity index (χ1n) is 6.28. The second-order valence-electron chi connectivity index (χ2n) is 4.46. The van der Waals surface area contributed by atoms with E-state index in [1.54, 1.807) is 0 Å². The van der Waals surface area contributed by atoms with Crippen molar-refractivity contribution in [2.24, 2.45) is 0 Å². The molecule has 1 aliphatic heterocycles. The molecule has 1 aromatic heterocycles. The van der Waals surface area contributed by atoms with Gasteiger partial charge in [0.2, 0.25) is 5.28 Å². The molecular formula is C12H19ClN4O. The summed E-state index contributed by atoms with van der Waals surface area (Å²) in [5.74, 6) is 0.752. The largest absolute Gasteiger partial charge is 0.394 e. The van der Waals surface area contributed by atoms with Crippen LogP contribution >= 0.6 is 11.6 Å². The molecule has 1 fully saturated rings. The number of aromatic nitrogens is 2. The van der Waals surface area contributed by atoms with Crippen LogP contribution < -0.4 is 10.6 Å². The molecule has 2 N–H and O–H groups in total. The summed E-state index contributed by atoms with van der Waals surface area (Å²) in [5.41, 5.74) is 7.37. The molecule has 100 valence electrons. The smallest absolute Gasteiger partial charge is 0.224 e. The Morgan fingerprint density at radius 1 is 1.39 bits per heavy atom. The molecule has 2 rings (SSSR count). The van der Waals surface area contributed by atoms with Gasteiger partial charge in [0.1, 0.15) is 0 Å². The van der Waals surface area contributed by atoms with E-state index in [4.69, 9.17) is 22.1 Å². The first kappa shape index (κ1) is 13.4. The van der Waals surface area contributed by atoms with Crippen molar-refractivity contribution in [2.45, 2.75) is 32.8 Å². The monoisotopic (exact) mass is 270 g/mol. The van der Waals surface area contributed by atoms with Gasteiger partial charge in [0, 0.05) is 19.7 Å². The molecule has 1 aliphatic rings. The highest BCUT2D eigenvalue weighted by Crippen LogP contribution is 2.27. The lowest BCUT2D eigenvalue weighted by atomic mass is 10.1. The lowest BCUT2D eigenvalue weighted by Gasteiger charge is -2.33. The summed E-state index contributed by atoms with van der Waals surface area (Å²) in [5, 5.41) is 0.253. The van der Waals surface area contributed by atoms with Crippen molar-refractivity contribution in [1.29, 1.82) is 0 Å². The molecule has 0 amide bonds. The Bertz CT molecular complexity index is 419. The first-order chi connectivity index (χ1) is 8.61. The van der Waals surface area contributed by atoms with Gasteiger partial charge in [-0.1, -0.05) is 0 Å². The Kier molecular flexibility index (Phi) is 4.24. The van der Waals surface area contributed by atoms with Crippen LogP contribution in [0.3, 0.4) is 0 Å². The summed E-state index contributed by atoms with van der Waals surface area (Å²) in [6.07, 6.45) is 2.34.